The molecule has 1 fully saturated rings. The van der Waals surface area contributed by atoms with Crippen LogP contribution in [0.25, 0.3) is 0 Å². The number of aryl methyl sites for hydroxylation is 1. The molecule has 1 aliphatic rings. The van der Waals surface area contributed by atoms with E-state index in [-0.39, 0.29) is 5.91 Å². The summed E-state index contributed by atoms with van der Waals surface area (Å²) in [6, 6.07) is 5.50. The van der Waals surface area contributed by atoms with Gasteiger partial charge in [0.2, 0.25) is 0 Å². The van der Waals surface area contributed by atoms with Crippen molar-refractivity contribution in [2.75, 3.05) is 13.1 Å². The highest BCUT2D eigenvalue weighted by Crippen LogP contribution is 2.19. The lowest BCUT2D eigenvalue weighted by Crippen LogP contribution is -2.35. The minimum Gasteiger partial charge on any atom is -0.339 e. The molecule has 0 aromatic heterocycles. The number of amides is 1. The molecule has 2 nitrogen and oxygen atoms in total. The van der Waals surface area contributed by atoms with Crippen LogP contribution < -0.4 is 0 Å². The number of carbonyl (C=O) groups is 1. The lowest BCUT2D eigenvalue weighted by Gasteiger charge is -2.27. The normalized spacial score (nSPS) is 16.2. The van der Waals surface area contributed by atoms with Crippen LogP contribution in [-0.2, 0) is 0 Å². The van der Waals surface area contributed by atoms with Crippen LogP contribution in [0.4, 0.5) is 0 Å². The van der Waals surface area contributed by atoms with Gasteiger partial charge in [0.25, 0.3) is 5.91 Å². The Bertz CT molecular complexity index is 397. The molecule has 1 aliphatic heterocycles. The van der Waals surface area contributed by atoms with E-state index in [9.17, 15) is 4.79 Å². The lowest BCUT2D eigenvalue weighted by molar-refractivity contribution is 0.0723. The van der Waals surface area contributed by atoms with Crippen LogP contribution in [0.3, 0.4) is 0 Å². The van der Waals surface area contributed by atoms with Crippen molar-refractivity contribution in [1.29, 1.82) is 0 Å². The average molecular weight is 238 g/mol. The Morgan fingerprint density at radius 1 is 1.25 bits per heavy atom. The van der Waals surface area contributed by atoms with E-state index in [0.717, 1.165) is 37.1 Å². The van der Waals surface area contributed by atoms with Gasteiger partial charge in [-0.2, -0.15) is 0 Å². The van der Waals surface area contributed by atoms with E-state index in [2.05, 4.69) is 0 Å². The van der Waals surface area contributed by atoms with Crippen LogP contribution >= 0.6 is 11.6 Å². The van der Waals surface area contributed by atoms with E-state index in [1.807, 2.05) is 24.0 Å². The molecule has 2 rings (SSSR count). The first-order valence-electron chi connectivity index (χ1n) is 5.74. The fourth-order valence-corrected chi connectivity index (χ4v) is 2.26. The van der Waals surface area contributed by atoms with Gasteiger partial charge in [0.1, 0.15) is 0 Å². The molecule has 1 aromatic rings. The van der Waals surface area contributed by atoms with E-state index in [0.29, 0.717) is 5.02 Å². The van der Waals surface area contributed by atoms with Gasteiger partial charge >= 0.3 is 0 Å². The Kier molecular flexibility index (Phi) is 3.49. The zero-order chi connectivity index (χ0) is 11.5. The van der Waals surface area contributed by atoms with Gasteiger partial charge in [-0.05, 0) is 43.9 Å². The van der Waals surface area contributed by atoms with Crippen molar-refractivity contribution in [3.63, 3.8) is 0 Å². The third-order valence-electron chi connectivity index (χ3n) is 3.07. The van der Waals surface area contributed by atoms with Crippen LogP contribution in [0, 0.1) is 6.92 Å². The number of likely N-dealkylation sites (tertiary alicyclic amines) is 1. The third kappa shape index (κ3) is 2.38. The predicted octanol–water partition coefficient (Wildman–Crippen LogP) is 3.27. The summed E-state index contributed by atoms with van der Waals surface area (Å²) in [6.45, 7) is 3.71. The highest BCUT2D eigenvalue weighted by atomic mass is 35.5. The standard InChI is InChI=1S/C13H16ClNO/c1-10-5-6-11(14)9-12(10)13(16)15-7-3-2-4-8-15/h5-6,9H,2-4,7-8H2,1H3. The molecule has 86 valence electrons. The first-order valence-corrected chi connectivity index (χ1v) is 6.12. The summed E-state index contributed by atoms with van der Waals surface area (Å²) in [6.07, 6.45) is 3.47. The topological polar surface area (TPSA) is 20.3 Å². The summed E-state index contributed by atoms with van der Waals surface area (Å²) in [5.41, 5.74) is 1.74. The van der Waals surface area contributed by atoms with Crippen LogP contribution in [0.1, 0.15) is 35.2 Å². The van der Waals surface area contributed by atoms with Crippen LogP contribution in [0.2, 0.25) is 5.02 Å². The van der Waals surface area contributed by atoms with Gasteiger partial charge in [0.15, 0.2) is 0 Å². The predicted molar refractivity (Wildman–Crippen MR) is 65.9 cm³/mol. The molecule has 0 N–H and O–H groups in total. The second kappa shape index (κ2) is 4.88. The van der Waals surface area contributed by atoms with Gasteiger partial charge in [-0.1, -0.05) is 17.7 Å². The van der Waals surface area contributed by atoms with Crippen molar-refractivity contribution in [3.8, 4) is 0 Å². The molecule has 1 aromatic carbocycles. The first-order chi connectivity index (χ1) is 7.68. The number of carbonyl (C=O) groups excluding carboxylic acids is 1. The molecular formula is C13H16ClNO. The molecule has 0 spiro atoms. The Morgan fingerprint density at radius 2 is 1.94 bits per heavy atom. The molecule has 1 heterocycles. The summed E-state index contributed by atoms with van der Waals surface area (Å²) in [4.78, 5) is 14.2. The average Bonchev–Trinajstić information content (AvgIpc) is 2.32. The lowest BCUT2D eigenvalue weighted by atomic mass is 10.1. The quantitative estimate of drug-likeness (QED) is 0.734. The molecule has 0 unspecified atom stereocenters. The van der Waals surface area contributed by atoms with Gasteiger partial charge in [-0.25, -0.2) is 0 Å². The summed E-state index contributed by atoms with van der Waals surface area (Å²) < 4.78 is 0. The minimum absolute atomic E-state index is 0.125. The molecule has 16 heavy (non-hydrogen) atoms. The minimum atomic E-state index is 0.125. The molecule has 0 saturated carbocycles. The zero-order valence-electron chi connectivity index (χ0n) is 9.50. The van der Waals surface area contributed by atoms with E-state index >= 15 is 0 Å². The summed E-state index contributed by atoms with van der Waals surface area (Å²) >= 11 is 5.93. The molecule has 0 atom stereocenters. The van der Waals surface area contributed by atoms with Gasteiger partial charge in [-0.3, -0.25) is 4.79 Å². The highest BCUT2D eigenvalue weighted by Gasteiger charge is 2.19. The number of benzene rings is 1. The van der Waals surface area contributed by atoms with E-state index in [4.69, 9.17) is 11.6 Å². The Hall–Kier alpha value is -1.02. The molecule has 0 aliphatic carbocycles. The van der Waals surface area contributed by atoms with Gasteiger partial charge < -0.3 is 4.90 Å². The second-order valence-corrected chi connectivity index (χ2v) is 4.75. The monoisotopic (exact) mass is 237 g/mol. The Morgan fingerprint density at radius 3 is 2.62 bits per heavy atom. The fourth-order valence-electron chi connectivity index (χ4n) is 2.09. The number of halogens is 1. The summed E-state index contributed by atoms with van der Waals surface area (Å²) in [7, 11) is 0. The van der Waals surface area contributed by atoms with Crippen molar-refractivity contribution in [2.45, 2.75) is 26.2 Å². The van der Waals surface area contributed by atoms with Crippen molar-refractivity contribution in [3.05, 3.63) is 34.3 Å². The summed E-state index contributed by atoms with van der Waals surface area (Å²) in [5.74, 6) is 0.125. The SMILES string of the molecule is Cc1ccc(Cl)cc1C(=O)N1CCCCC1. The molecule has 1 amide bonds. The smallest absolute Gasteiger partial charge is 0.254 e. The van der Waals surface area contributed by atoms with Crippen LogP contribution in [-0.4, -0.2) is 23.9 Å². The second-order valence-electron chi connectivity index (χ2n) is 4.31. The third-order valence-corrected chi connectivity index (χ3v) is 3.31. The number of hydrogen-bond acceptors (Lipinski definition) is 1. The number of rotatable bonds is 1. The highest BCUT2D eigenvalue weighted by molar-refractivity contribution is 6.31. The van der Waals surface area contributed by atoms with Gasteiger partial charge in [0, 0.05) is 23.7 Å². The van der Waals surface area contributed by atoms with E-state index < -0.39 is 0 Å². The summed E-state index contributed by atoms with van der Waals surface area (Å²) in [5, 5.41) is 0.631. The molecule has 0 radical (unpaired) electrons. The number of nitrogens with zero attached hydrogens (tertiary/aromatic N) is 1. The van der Waals surface area contributed by atoms with Gasteiger partial charge in [0.05, 0.1) is 0 Å². The van der Waals surface area contributed by atoms with Crippen molar-refractivity contribution in [1.82, 2.24) is 4.90 Å². The first kappa shape index (κ1) is 11.5. The van der Waals surface area contributed by atoms with Crippen molar-refractivity contribution in [2.24, 2.45) is 0 Å². The molecule has 3 heteroatoms. The maximum atomic E-state index is 12.2. The zero-order valence-corrected chi connectivity index (χ0v) is 10.3. The maximum Gasteiger partial charge on any atom is 0.254 e. The molecule has 0 bridgehead atoms. The Balaban J connectivity index is 2.22. The van der Waals surface area contributed by atoms with Crippen molar-refractivity contribution < 1.29 is 4.79 Å². The molecular weight excluding hydrogens is 222 g/mol. The number of hydrogen-bond donors (Lipinski definition) is 0. The van der Waals surface area contributed by atoms with Crippen LogP contribution in [0.5, 0.6) is 0 Å². The number of piperidine rings is 1. The molecule has 1 saturated heterocycles. The largest absolute Gasteiger partial charge is 0.339 e. The maximum absolute atomic E-state index is 12.2. The van der Waals surface area contributed by atoms with E-state index in [1.165, 1.54) is 6.42 Å². The fraction of sp³-hybridized carbons (Fsp3) is 0.462. The Labute approximate surface area is 101 Å². The van der Waals surface area contributed by atoms with Crippen molar-refractivity contribution >= 4 is 17.5 Å². The van der Waals surface area contributed by atoms with E-state index in [1.54, 1.807) is 6.07 Å². The van der Waals surface area contributed by atoms with Gasteiger partial charge in [-0.15, -0.1) is 0 Å². The van der Waals surface area contributed by atoms with Crippen LogP contribution in [0.15, 0.2) is 18.2 Å².